The molecule has 38 heavy (non-hydrogen) atoms. The fourth-order valence-corrected chi connectivity index (χ4v) is 6.05. The van der Waals surface area contributed by atoms with Crippen LogP contribution in [0.2, 0.25) is 18.1 Å². The molecule has 0 N–H and O–H groups in total. The first-order chi connectivity index (χ1) is 17.6. The predicted octanol–water partition coefficient (Wildman–Crippen LogP) is 4.86. The molecule has 2 rings (SSSR count). The molecule has 1 aliphatic rings. The van der Waals surface area contributed by atoms with Gasteiger partial charge in [-0.25, -0.2) is 4.79 Å². The Kier molecular flexibility index (Phi) is 10.9. The van der Waals surface area contributed by atoms with Crippen molar-refractivity contribution < 1.29 is 47.2 Å². The standard InChI is InChI=1S/C26H41IO10Si/c1-13-16(24(29)33-10)19(30-7)22(32-9)20(17(13)27)36-25-23(35-15(3)28)21(31-8)18(14(2)34-25)37-38(11,12)26(4,5)6/h14,18,21,23,25H,1-12H3/t14-,18-,21+,23+,25?/m0/s1. The lowest BCUT2D eigenvalue weighted by atomic mass is 9.99. The maximum absolute atomic E-state index is 12.5. The van der Waals surface area contributed by atoms with Crippen molar-refractivity contribution in [2.75, 3.05) is 28.4 Å². The van der Waals surface area contributed by atoms with Crippen LogP contribution in [0.5, 0.6) is 17.2 Å². The van der Waals surface area contributed by atoms with Gasteiger partial charge in [0.1, 0.15) is 17.8 Å². The van der Waals surface area contributed by atoms with E-state index in [2.05, 4.69) is 56.5 Å². The zero-order chi connectivity index (χ0) is 29.2. The number of rotatable bonds is 9. The van der Waals surface area contributed by atoms with Crippen molar-refractivity contribution in [3.63, 3.8) is 0 Å². The van der Waals surface area contributed by atoms with Crippen LogP contribution in [0.25, 0.3) is 0 Å². The second-order valence-corrected chi connectivity index (χ2v) is 16.5. The molecule has 5 atom stereocenters. The SMILES string of the molecule is COC(=O)c1c(C)c(I)c(OC2O[C@@H](C)[C@H](O[Si](C)(C)C(C)(C)C)[C@@H](OC)[C@H]2OC(C)=O)c(OC)c1OC. The number of esters is 2. The molecule has 216 valence electrons. The number of ether oxygens (including phenoxy) is 7. The molecular formula is C26H41IO10Si. The van der Waals surface area contributed by atoms with Gasteiger partial charge in [0, 0.05) is 14.0 Å². The molecule has 0 amide bonds. The largest absolute Gasteiger partial charge is 0.492 e. The van der Waals surface area contributed by atoms with Crippen molar-refractivity contribution in [2.24, 2.45) is 0 Å². The van der Waals surface area contributed by atoms with E-state index in [9.17, 15) is 9.59 Å². The van der Waals surface area contributed by atoms with Crippen molar-refractivity contribution in [1.29, 1.82) is 0 Å². The highest BCUT2D eigenvalue weighted by molar-refractivity contribution is 14.1. The first-order valence-electron chi connectivity index (χ1n) is 12.3. The lowest BCUT2D eigenvalue weighted by molar-refractivity contribution is -0.275. The van der Waals surface area contributed by atoms with Crippen LogP contribution in [-0.4, -0.2) is 79.4 Å². The van der Waals surface area contributed by atoms with E-state index in [0.717, 1.165) is 0 Å². The van der Waals surface area contributed by atoms with Crippen molar-refractivity contribution in [2.45, 2.75) is 90.4 Å². The Balaban J connectivity index is 2.60. The average molecular weight is 669 g/mol. The van der Waals surface area contributed by atoms with Crippen molar-refractivity contribution in [3.8, 4) is 17.2 Å². The molecule has 1 aromatic rings. The number of hydrogen-bond donors (Lipinski definition) is 0. The molecule has 1 unspecified atom stereocenters. The third-order valence-electron chi connectivity index (χ3n) is 7.11. The molecule has 10 nitrogen and oxygen atoms in total. The quantitative estimate of drug-likeness (QED) is 0.206. The first kappa shape index (κ1) is 32.6. The number of methoxy groups -OCH3 is 4. The van der Waals surface area contributed by atoms with Gasteiger partial charge in [0.2, 0.25) is 12.0 Å². The zero-order valence-electron chi connectivity index (χ0n) is 24.3. The van der Waals surface area contributed by atoms with Gasteiger partial charge < -0.3 is 37.6 Å². The minimum atomic E-state index is -2.24. The monoisotopic (exact) mass is 668 g/mol. The summed E-state index contributed by atoms with van der Waals surface area (Å²) in [5, 5.41) is -0.0613. The minimum Gasteiger partial charge on any atom is -0.492 e. The summed E-state index contributed by atoms with van der Waals surface area (Å²) in [6, 6.07) is 0. The zero-order valence-corrected chi connectivity index (χ0v) is 27.5. The summed E-state index contributed by atoms with van der Waals surface area (Å²) in [4.78, 5) is 24.7. The second kappa shape index (κ2) is 12.7. The van der Waals surface area contributed by atoms with E-state index >= 15 is 0 Å². The van der Waals surface area contributed by atoms with Crippen LogP contribution in [0.1, 0.15) is 50.5 Å². The number of halogens is 1. The van der Waals surface area contributed by atoms with Gasteiger partial charge in [-0.1, -0.05) is 20.8 Å². The Morgan fingerprint density at radius 3 is 1.97 bits per heavy atom. The summed E-state index contributed by atoms with van der Waals surface area (Å²) < 4.78 is 47.6. The molecule has 1 heterocycles. The van der Waals surface area contributed by atoms with E-state index in [1.54, 1.807) is 14.0 Å². The van der Waals surface area contributed by atoms with Gasteiger partial charge in [0.25, 0.3) is 0 Å². The highest BCUT2D eigenvalue weighted by Gasteiger charge is 2.52. The summed E-state index contributed by atoms with van der Waals surface area (Å²) in [6.07, 6.45) is -3.69. The van der Waals surface area contributed by atoms with Crippen molar-refractivity contribution in [1.82, 2.24) is 0 Å². The Morgan fingerprint density at radius 2 is 1.53 bits per heavy atom. The van der Waals surface area contributed by atoms with Gasteiger partial charge in [-0.05, 0) is 60.1 Å². The van der Waals surface area contributed by atoms with E-state index in [4.69, 9.17) is 37.6 Å². The average Bonchev–Trinajstić information content (AvgIpc) is 2.82. The number of benzene rings is 1. The fraction of sp³-hybridized carbons (Fsp3) is 0.692. The molecule has 0 aromatic heterocycles. The number of hydrogen-bond acceptors (Lipinski definition) is 10. The molecule has 1 fully saturated rings. The highest BCUT2D eigenvalue weighted by atomic mass is 127. The van der Waals surface area contributed by atoms with E-state index < -0.39 is 51.0 Å². The third-order valence-corrected chi connectivity index (χ3v) is 12.9. The topological polar surface area (TPSA) is 108 Å². The lowest BCUT2D eigenvalue weighted by Crippen LogP contribution is -2.63. The summed E-state index contributed by atoms with van der Waals surface area (Å²) in [5.74, 6) is -0.501. The molecule has 0 bridgehead atoms. The van der Waals surface area contributed by atoms with Crippen LogP contribution >= 0.6 is 22.6 Å². The van der Waals surface area contributed by atoms with Gasteiger partial charge in [0.05, 0.1) is 31.0 Å². The Labute approximate surface area is 240 Å². The Hall–Kier alpha value is -1.61. The van der Waals surface area contributed by atoms with Gasteiger partial charge in [0.15, 0.2) is 25.9 Å². The summed E-state index contributed by atoms with van der Waals surface area (Å²) in [5.41, 5.74) is 0.788. The summed E-state index contributed by atoms with van der Waals surface area (Å²) in [7, 11) is 3.45. The molecule has 1 aliphatic heterocycles. The second-order valence-electron chi connectivity index (χ2n) is 10.6. The Morgan fingerprint density at radius 1 is 0.947 bits per heavy atom. The van der Waals surface area contributed by atoms with Gasteiger partial charge >= 0.3 is 11.9 Å². The highest BCUT2D eigenvalue weighted by Crippen LogP contribution is 2.47. The van der Waals surface area contributed by atoms with Crippen LogP contribution in [-0.2, 0) is 28.2 Å². The summed E-state index contributed by atoms with van der Waals surface area (Å²) in [6.45, 7) is 15.7. The molecule has 12 heteroatoms. The van der Waals surface area contributed by atoms with Crippen LogP contribution in [0.4, 0.5) is 0 Å². The predicted molar refractivity (Wildman–Crippen MR) is 152 cm³/mol. The smallest absolute Gasteiger partial charge is 0.342 e. The van der Waals surface area contributed by atoms with Crippen LogP contribution < -0.4 is 14.2 Å². The van der Waals surface area contributed by atoms with Crippen LogP contribution in [0, 0.1) is 10.5 Å². The van der Waals surface area contributed by atoms with E-state index in [0.29, 0.717) is 9.13 Å². The minimum absolute atomic E-state index is 0.0613. The van der Waals surface area contributed by atoms with Gasteiger partial charge in [-0.2, -0.15) is 0 Å². The number of carbonyl (C=O) groups excluding carboxylic acids is 2. The molecule has 0 radical (unpaired) electrons. The molecule has 0 saturated carbocycles. The molecule has 1 aromatic carbocycles. The van der Waals surface area contributed by atoms with Crippen molar-refractivity contribution >= 4 is 42.8 Å². The molecule has 0 spiro atoms. The number of carbonyl (C=O) groups is 2. The lowest BCUT2D eigenvalue weighted by Gasteiger charge is -2.48. The molecule has 0 aliphatic carbocycles. The normalized spacial score (nSPS) is 24.0. The van der Waals surface area contributed by atoms with Crippen LogP contribution in [0.3, 0.4) is 0 Å². The maximum atomic E-state index is 12.5. The van der Waals surface area contributed by atoms with E-state index in [1.807, 2.05) is 6.92 Å². The van der Waals surface area contributed by atoms with Crippen molar-refractivity contribution in [3.05, 3.63) is 14.7 Å². The first-order valence-corrected chi connectivity index (χ1v) is 16.3. The van der Waals surface area contributed by atoms with Gasteiger partial charge in [-0.15, -0.1) is 0 Å². The Bertz CT molecular complexity index is 1020. The maximum Gasteiger partial charge on any atom is 0.342 e. The van der Waals surface area contributed by atoms with E-state index in [-0.39, 0.29) is 27.9 Å². The molecular weight excluding hydrogens is 627 g/mol. The van der Waals surface area contributed by atoms with Crippen LogP contribution in [0.15, 0.2) is 0 Å². The molecule has 1 saturated heterocycles. The third kappa shape index (κ3) is 6.57. The summed E-state index contributed by atoms with van der Waals surface area (Å²) >= 11 is 2.06. The fourth-order valence-electron chi connectivity index (χ4n) is 4.05. The van der Waals surface area contributed by atoms with Gasteiger partial charge in [-0.3, -0.25) is 4.79 Å². The van der Waals surface area contributed by atoms with E-state index in [1.165, 1.54) is 28.3 Å².